The van der Waals surface area contributed by atoms with E-state index in [1.807, 2.05) is 24.3 Å². The number of morpholine rings is 1. The Kier molecular flexibility index (Phi) is 6.89. The van der Waals surface area contributed by atoms with Crippen molar-refractivity contribution in [3.63, 3.8) is 0 Å². The maximum atomic E-state index is 12.6. The fraction of sp³-hybridized carbons (Fsp3) is 0.389. The van der Waals surface area contributed by atoms with Gasteiger partial charge in [0.1, 0.15) is 9.96 Å². The Labute approximate surface area is 168 Å². The first-order valence-electron chi connectivity index (χ1n) is 8.80. The molecule has 1 aliphatic rings. The van der Waals surface area contributed by atoms with Gasteiger partial charge in [0.25, 0.3) is 10.0 Å². The molecule has 1 aliphatic heterocycles. The number of urea groups is 1. The van der Waals surface area contributed by atoms with E-state index in [1.165, 1.54) is 15.6 Å². The predicted molar refractivity (Wildman–Crippen MR) is 106 cm³/mol. The standard InChI is InChI=1S/C18H23N3O5S2/c1-25-15-4-2-3-14(11-15)12-19-18(22)20-13-16-5-6-17(27-16)28(23,24)21-7-9-26-10-8-21/h2-6,11H,7-10,12-13H2,1H3,(H2,19,20,22). The number of rotatable bonds is 7. The molecule has 0 aliphatic carbocycles. The Bertz CT molecular complexity index is 907. The summed E-state index contributed by atoms with van der Waals surface area (Å²) in [4.78, 5) is 12.8. The zero-order valence-electron chi connectivity index (χ0n) is 15.5. The lowest BCUT2D eigenvalue weighted by Gasteiger charge is -2.25. The molecule has 0 unspecified atom stereocenters. The molecular weight excluding hydrogens is 402 g/mol. The highest BCUT2D eigenvalue weighted by Gasteiger charge is 2.27. The molecule has 0 bridgehead atoms. The number of nitrogens with zero attached hydrogens (tertiary/aromatic N) is 1. The maximum absolute atomic E-state index is 12.6. The smallest absolute Gasteiger partial charge is 0.315 e. The number of methoxy groups -OCH3 is 1. The van der Waals surface area contributed by atoms with E-state index in [9.17, 15) is 13.2 Å². The van der Waals surface area contributed by atoms with Crippen molar-refractivity contribution in [1.82, 2.24) is 14.9 Å². The molecule has 2 amide bonds. The van der Waals surface area contributed by atoms with Gasteiger partial charge in [0.05, 0.1) is 26.9 Å². The third kappa shape index (κ3) is 5.22. The fourth-order valence-corrected chi connectivity index (χ4v) is 5.56. The summed E-state index contributed by atoms with van der Waals surface area (Å²) >= 11 is 1.17. The van der Waals surface area contributed by atoms with Gasteiger partial charge >= 0.3 is 6.03 Å². The molecular formula is C18H23N3O5S2. The minimum absolute atomic E-state index is 0.257. The van der Waals surface area contributed by atoms with Crippen LogP contribution in [0.4, 0.5) is 4.79 Å². The second kappa shape index (κ2) is 9.37. The zero-order valence-corrected chi connectivity index (χ0v) is 17.1. The summed E-state index contributed by atoms with van der Waals surface area (Å²) in [5, 5.41) is 5.51. The molecule has 1 fully saturated rings. The van der Waals surface area contributed by atoms with Crippen LogP contribution in [0.15, 0.2) is 40.6 Å². The number of hydrogen-bond donors (Lipinski definition) is 2. The second-order valence-corrected chi connectivity index (χ2v) is 9.46. The van der Waals surface area contributed by atoms with Gasteiger partial charge in [-0.2, -0.15) is 4.31 Å². The number of hydrogen-bond acceptors (Lipinski definition) is 6. The Morgan fingerprint density at radius 2 is 1.93 bits per heavy atom. The maximum Gasteiger partial charge on any atom is 0.315 e. The van der Waals surface area contributed by atoms with Crippen LogP contribution in [-0.4, -0.2) is 52.2 Å². The molecule has 1 aromatic carbocycles. The van der Waals surface area contributed by atoms with Gasteiger partial charge in [-0.3, -0.25) is 0 Å². The van der Waals surface area contributed by atoms with Crippen molar-refractivity contribution in [2.24, 2.45) is 0 Å². The second-order valence-electron chi connectivity index (χ2n) is 6.12. The van der Waals surface area contributed by atoms with Gasteiger partial charge in [-0.05, 0) is 29.8 Å². The lowest BCUT2D eigenvalue weighted by atomic mass is 10.2. The van der Waals surface area contributed by atoms with Crippen molar-refractivity contribution in [2.75, 3.05) is 33.4 Å². The van der Waals surface area contributed by atoms with Gasteiger partial charge < -0.3 is 20.1 Å². The molecule has 1 saturated heterocycles. The average molecular weight is 426 g/mol. The van der Waals surface area contributed by atoms with Crippen molar-refractivity contribution >= 4 is 27.4 Å². The first-order valence-corrected chi connectivity index (χ1v) is 11.1. The Morgan fingerprint density at radius 1 is 1.18 bits per heavy atom. The monoisotopic (exact) mass is 425 g/mol. The molecule has 28 heavy (non-hydrogen) atoms. The highest BCUT2D eigenvalue weighted by molar-refractivity contribution is 7.91. The topological polar surface area (TPSA) is 97.0 Å². The Morgan fingerprint density at radius 3 is 2.68 bits per heavy atom. The van der Waals surface area contributed by atoms with Gasteiger partial charge in [-0.15, -0.1) is 11.3 Å². The van der Waals surface area contributed by atoms with Gasteiger partial charge in [0, 0.05) is 24.5 Å². The molecule has 2 aromatic rings. The third-order valence-electron chi connectivity index (χ3n) is 4.21. The van der Waals surface area contributed by atoms with Crippen molar-refractivity contribution in [2.45, 2.75) is 17.3 Å². The first-order chi connectivity index (χ1) is 13.5. The molecule has 3 rings (SSSR count). The highest BCUT2D eigenvalue weighted by atomic mass is 32.2. The van der Waals surface area contributed by atoms with E-state index in [2.05, 4.69) is 10.6 Å². The average Bonchev–Trinajstić information content (AvgIpc) is 3.21. The number of nitrogens with one attached hydrogen (secondary N) is 2. The molecule has 0 radical (unpaired) electrons. The number of ether oxygens (including phenoxy) is 2. The summed E-state index contributed by atoms with van der Waals surface area (Å²) < 4.78 is 37.3. The summed E-state index contributed by atoms with van der Waals surface area (Å²) in [5.41, 5.74) is 0.921. The Balaban J connectivity index is 1.50. The number of sulfonamides is 1. The zero-order chi connectivity index (χ0) is 20.0. The lowest BCUT2D eigenvalue weighted by molar-refractivity contribution is 0.0731. The predicted octanol–water partition coefficient (Wildman–Crippen LogP) is 1.78. The highest BCUT2D eigenvalue weighted by Crippen LogP contribution is 2.25. The van der Waals surface area contributed by atoms with Crippen LogP contribution >= 0.6 is 11.3 Å². The number of amides is 2. The van der Waals surface area contributed by atoms with Crippen molar-refractivity contribution in [3.8, 4) is 5.75 Å². The number of thiophene rings is 1. The molecule has 0 atom stereocenters. The van der Waals surface area contributed by atoms with Gasteiger partial charge in [-0.25, -0.2) is 13.2 Å². The summed E-state index contributed by atoms with van der Waals surface area (Å²) in [6.45, 7) is 2.16. The number of carbonyl (C=O) groups is 1. The molecule has 152 valence electrons. The molecule has 10 heteroatoms. The molecule has 8 nitrogen and oxygen atoms in total. The van der Waals surface area contributed by atoms with Gasteiger partial charge in [0.2, 0.25) is 0 Å². The van der Waals surface area contributed by atoms with Crippen LogP contribution in [0.25, 0.3) is 0 Å². The molecule has 1 aromatic heterocycles. The summed E-state index contributed by atoms with van der Waals surface area (Å²) in [6.07, 6.45) is 0. The quantitative estimate of drug-likeness (QED) is 0.705. The largest absolute Gasteiger partial charge is 0.497 e. The van der Waals surface area contributed by atoms with Crippen LogP contribution in [0.1, 0.15) is 10.4 Å². The summed E-state index contributed by atoms with van der Waals surface area (Å²) in [6, 6.07) is 10.4. The fourth-order valence-electron chi connectivity index (χ4n) is 2.70. The normalized spacial score (nSPS) is 15.2. The molecule has 0 saturated carbocycles. The lowest BCUT2D eigenvalue weighted by Crippen LogP contribution is -2.40. The summed E-state index contributed by atoms with van der Waals surface area (Å²) in [5.74, 6) is 0.729. The van der Waals surface area contributed by atoms with Crippen molar-refractivity contribution in [3.05, 3.63) is 46.8 Å². The molecule has 0 spiro atoms. The van der Waals surface area contributed by atoms with Crippen LogP contribution in [-0.2, 0) is 27.8 Å². The van der Waals surface area contributed by atoms with Crippen LogP contribution in [0.3, 0.4) is 0 Å². The van der Waals surface area contributed by atoms with Gasteiger partial charge in [-0.1, -0.05) is 12.1 Å². The minimum Gasteiger partial charge on any atom is -0.497 e. The van der Waals surface area contributed by atoms with E-state index in [0.29, 0.717) is 32.8 Å². The van der Waals surface area contributed by atoms with Crippen LogP contribution < -0.4 is 15.4 Å². The van der Waals surface area contributed by atoms with Crippen molar-refractivity contribution in [1.29, 1.82) is 0 Å². The SMILES string of the molecule is COc1cccc(CNC(=O)NCc2ccc(S(=O)(=O)N3CCOCC3)s2)c1. The number of benzene rings is 1. The number of carbonyl (C=O) groups excluding carboxylic acids is 1. The van der Waals surface area contributed by atoms with E-state index >= 15 is 0 Å². The third-order valence-corrected chi connectivity index (χ3v) is 7.66. The Hall–Kier alpha value is -2.14. The van der Waals surface area contributed by atoms with Gasteiger partial charge in [0.15, 0.2) is 0 Å². The molecule has 2 heterocycles. The first kappa shape index (κ1) is 20.6. The van der Waals surface area contributed by atoms with Crippen LogP contribution in [0, 0.1) is 0 Å². The summed E-state index contributed by atoms with van der Waals surface area (Å²) in [7, 11) is -1.91. The molecule has 2 N–H and O–H groups in total. The van der Waals surface area contributed by atoms with Crippen LogP contribution in [0.2, 0.25) is 0 Å². The van der Waals surface area contributed by atoms with E-state index in [4.69, 9.17) is 9.47 Å². The van der Waals surface area contributed by atoms with E-state index in [-0.39, 0.29) is 16.8 Å². The minimum atomic E-state index is -3.50. The van der Waals surface area contributed by atoms with Crippen LogP contribution in [0.5, 0.6) is 5.75 Å². The van der Waals surface area contributed by atoms with Crippen molar-refractivity contribution < 1.29 is 22.7 Å². The van der Waals surface area contributed by atoms with E-state index in [0.717, 1.165) is 16.2 Å². The van der Waals surface area contributed by atoms with E-state index < -0.39 is 10.0 Å². The van der Waals surface area contributed by atoms with E-state index in [1.54, 1.807) is 19.2 Å².